The van der Waals surface area contributed by atoms with Crippen molar-refractivity contribution in [2.75, 3.05) is 19.8 Å². The fourth-order valence-corrected chi connectivity index (χ4v) is 2.16. The zero-order chi connectivity index (χ0) is 16.9. The highest BCUT2D eigenvalue weighted by Gasteiger charge is 2.48. The Morgan fingerprint density at radius 2 is 1.43 bits per heavy atom. The quantitative estimate of drug-likeness (QED) is 0.401. The molecule has 1 atom stereocenters. The van der Waals surface area contributed by atoms with Crippen molar-refractivity contribution in [1.29, 1.82) is 0 Å². The standard InChI is InChI=1S/C8H10F7O5P/c1-2-18-6(16)5(9)21(17,19-3-7(10,11)12)20-4-8(13,14)15/h5H,2-4H2,1H3. The van der Waals surface area contributed by atoms with Crippen LogP contribution in [0.15, 0.2) is 0 Å². The Balaban J connectivity index is 5.06. The van der Waals surface area contributed by atoms with Crippen LogP contribution in [0.3, 0.4) is 0 Å². The monoisotopic (exact) mass is 350 g/mol. The third kappa shape index (κ3) is 8.22. The summed E-state index contributed by atoms with van der Waals surface area (Å²) < 4.78 is 108. The van der Waals surface area contributed by atoms with Gasteiger partial charge in [-0.2, -0.15) is 26.3 Å². The summed E-state index contributed by atoms with van der Waals surface area (Å²) in [7, 11) is -5.67. The van der Waals surface area contributed by atoms with Crippen molar-refractivity contribution in [3.63, 3.8) is 0 Å². The summed E-state index contributed by atoms with van der Waals surface area (Å²) in [5, 5.41) is 0. The topological polar surface area (TPSA) is 61.8 Å². The van der Waals surface area contributed by atoms with Crippen molar-refractivity contribution in [3.05, 3.63) is 0 Å². The zero-order valence-electron chi connectivity index (χ0n) is 10.3. The van der Waals surface area contributed by atoms with Crippen molar-refractivity contribution in [2.24, 2.45) is 0 Å². The Kier molecular flexibility index (Phi) is 7.10. The number of carbonyl (C=O) groups excluding carboxylic acids is 1. The first-order chi connectivity index (χ1) is 9.31. The third-order valence-corrected chi connectivity index (χ3v) is 3.32. The summed E-state index contributed by atoms with van der Waals surface area (Å²) in [6, 6.07) is 0. The molecule has 0 aromatic heterocycles. The fourth-order valence-electron chi connectivity index (χ4n) is 0.835. The molecule has 0 aliphatic rings. The number of ether oxygens (including phenoxy) is 1. The van der Waals surface area contributed by atoms with Crippen molar-refractivity contribution >= 4 is 13.6 Å². The SMILES string of the molecule is CCOC(=O)C(F)P(=O)(OCC(F)(F)F)OCC(F)(F)F. The highest BCUT2D eigenvalue weighted by atomic mass is 31.2. The first-order valence-corrected chi connectivity index (χ1v) is 6.75. The molecule has 0 saturated carbocycles. The average molecular weight is 350 g/mol. The van der Waals surface area contributed by atoms with Gasteiger partial charge in [0, 0.05) is 0 Å². The van der Waals surface area contributed by atoms with Gasteiger partial charge in [-0.3, -0.25) is 13.6 Å². The number of hydrogen-bond donors (Lipinski definition) is 0. The predicted molar refractivity (Wildman–Crippen MR) is 53.1 cm³/mol. The maximum absolute atomic E-state index is 13.5. The second kappa shape index (κ2) is 7.41. The smallest absolute Gasteiger partial charge is 0.412 e. The maximum atomic E-state index is 13.5. The molecule has 0 saturated heterocycles. The van der Waals surface area contributed by atoms with E-state index in [1.54, 1.807) is 0 Å². The van der Waals surface area contributed by atoms with Crippen LogP contribution < -0.4 is 0 Å². The van der Waals surface area contributed by atoms with E-state index in [4.69, 9.17) is 0 Å². The molecule has 0 radical (unpaired) electrons. The van der Waals surface area contributed by atoms with Crippen molar-refractivity contribution in [3.8, 4) is 0 Å². The number of rotatable bonds is 7. The van der Waals surface area contributed by atoms with Crippen LogP contribution in [-0.2, 0) is 23.1 Å². The summed E-state index contributed by atoms with van der Waals surface area (Å²) >= 11 is 0. The minimum Gasteiger partial charge on any atom is -0.463 e. The minimum atomic E-state index is -5.67. The van der Waals surface area contributed by atoms with Crippen LogP contribution in [0.1, 0.15) is 6.92 Å². The molecular weight excluding hydrogens is 340 g/mol. The van der Waals surface area contributed by atoms with E-state index in [1.807, 2.05) is 0 Å². The second-order valence-electron chi connectivity index (χ2n) is 3.40. The van der Waals surface area contributed by atoms with E-state index in [9.17, 15) is 40.1 Å². The van der Waals surface area contributed by atoms with E-state index < -0.39 is 51.7 Å². The Morgan fingerprint density at radius 3 is 1.71 bits per heavy atom. The number of esters is 1. The van der Waals surface area contributed by atoms with Gasteiger partial charge >= 0.3 is 25.9 Å². The van der Waals surface area contributed by atoms with E-state index in [1.165, 1.54) is 6.92 Å². The van der Waals surface area contributed by atoms with E-state index in [0.29, 0.717) is 0 Å². The van der Waals surface area contributed by atoms with Crippen LogP contribution in [0.5, 0.6) is 0 Å². The molecule has 5 nitrogen and oxygen atoms in total. The van der Waals surface area contributed by atoms with Gasteiger partial charge in [0.25, 0.3) is 5.91 Å². The summed E-state index contributed by atoms with van der Waals surface area (Å²) in [5.41, 5.74) is 0. The molecule has 0 fully saturated rings. The lowest BCUT2D eigenvalue weighted by atomic mass is 10.7. The van der Waals surface area contributed by atoms with Gasteiger partial charge in [0.05, 0.1) is 6.61 Å². The largest absolute Gasteiger partial charge is 0.463 e. The summed E-state index contributed by atoms with van der Waals surface area (Å²) in [4.78, 5) is 10.9. The van der Waals surface area contributed by atoms with E-state index in [-0.39, 0.29) is 0 Å². The third-order valence-electron chi connectivity index (χ3n) is 1.58. The Bertz CT molecular complexity index is 371. The molecule has 0 aromatic carbocycles. The van der Waals surface area contributed by atoms with Gasteiger partial charge in [-0.1, -0.05) is 0 Å². The number of hydrogen-bond acceptors (Lipinski definition) is 5. The lowest BCUT2D eigenvalue weighted by molar-refractivity contribution is -0.168. The van der Waals surface area contributed by atoms with Crippen LogP contribution in [0, 0.1) is 0 Å². The normalized spacial score (nSPS) is 14.9. The number of halogens is 7. The average Bonchev–Trinajstić information content (AvgIpc) is 2.31. The Morgan fingerprint density at radius 1 is 1.05 bits per heavy atom. The summed E-state index contributed by atoms with van der Waals surface area (Å²) in [6.45, 7) is -3.98. The van der Waals surface area contributed by atoms with Gasteiger partial charge in [-0.15, -0.1) is 0 Å². The van der Waals surface area contributed by atoms with Crippen LogP contribution in [-0.4, -0.2) is 44.1 Å². The first-order valence-electron chi connectivity index (χ1n) is 5.14. The van der Waals surface area contributed by atoms with Gasteiger partial charge in [0.15, 0.2) is 13.2 Å². The lowest BCUT2D eigenvalue weighted by Crippen LogP contribution is -2.27. The highest BCUT2D eigenvalue weighted by Crippen LogP contribution is 2.55. The van der Waals surface area contributed by atoms with Crippen LogP contribution in [0.4, 0.5) is 30.7 Å². The zero-order valence-corrected chi connectivity index (χ0v) is 11.2. The van der Waals surface area contributed by atoms with Gasteiger partial charge in [-0.25, -0.2) is 9.18 Å². The Labute approximate surface area is 113 Å². The minimum absolute atomic E-state index is 0.447. The summed E-state index contributed by atoms with van der Waals surface area (Å²) in [5.74, 6) is -5.38. The van der Waals surface area contributed by atoms with Crippen molar-refractivity contribution < 1.29 is 53.9 Å². The van der Waals surface area contributed by atoms with E-state index >= 15 is 0 Å². The van der Waals surface area contributed by atoms with Gasteiger partial charge in [0.1, 0.15) is 0 Å². The van der Waals surface area contributed by atoms with Gasteiger partial charge in [0.2, 0.25) is 0 Å². The Hall–Kier alpha value is -0.870. The molecule has 0 N–H and O–H groups in total. The molecule has 0 aromatic rings. The highest BCUT2D eigenvalue weighted by molar-refractivity contribution is 7.55. The molecule has 0 bridgehead atoms. The predicted octanol–water partition coefficient (Wildman–Crippen LogP) is 3.20. The molecular formula is C8H10F7O5P. The van der Waals surface area contributed by atoms with Crippen LogP contribution >= 0.6 is 7.60 Å². The molecule has 0 rings (SSSR count). The molecule has 0 aliphatic carbocycles. The molecule has 0 aliphatic heterocycles. The fraction of sp³-hybridized carbons (Fsp3) is 0.875. The number of alkyl halides is 7. The van der Waals surface area contributed by atoms with Crippen molar-refractivity contribution in [2.45, 2.75) is 25.2 Å². The molecule has 0 heterocycles. The molecule has 21 heavy (non-hydrogen) atoms. The van der Waals surface area contributed by atoms with Gasteiger partial charge in [-0.05, 0) is 6.92 Å². The molecule has 126 valence electrons. The van der Waals surface area contributed by atoms with Crippen molar-refractivity contribution in [1.82, 2.24) is 0 Å². The number of carbonyl (C=O) groups is 1. The van der Waals surface area contributed by atoms with Crippen LogP contribution in [0.2, 0.25) is 0 Å². The lowest BCUT2D eigenvalue weighted by Gasteiger charge is -2.21. The molecule has 13 heteroatoms. The van der Waals surface area contributed by atoms with Crippen LogP contribution in [0.25, 0.3) is 0 Å². The van der Waals surface area contributed by atoms with E-state index in [2.05, 4.69) is 13.8 Å². The van der Waals surface area contributed by atoms with E-state index in [0.717, 1.165) is 0 Å². The van der Waals surface area contributed by atoms with Gasteiger partial charge < -0.3 is 4.74 Å². The first kappa shape index (κ1) is 20.1. The second-order valence-corrected chi connectivity index (χ2v) is 5.45. The molecule has 1 unspecified atom stereocenters. The maximum Gasteiger partial charge on any atom is 0.412 e. The molecule has 0 amide bonds. The molecule has 0 spiro atoms. The summed E-state index contributed by atoms with van der Waals surface area (Å²) in [6.07, 6.45) is -10.2.